The van der Waals surface area contributed by atoms with Crippen LogP contribution in [-0.4, -0.2) is 0 Å². The highest BCUT2D eigenvalue weighted by atomic mass is 14.1. The quantitative estimate of drug-likeness (QED) is 0.603. The number of hydrogen-bond donors (Lipinski definition) is 0. The molecule has 13 heavy (non-hydrogen) atoms. The third kappa shape index (κ3) is 2.00. The van der Waals surface area contributed by atoms with Crippen LogP contribution in [0.25, 0.3) is 5.57 Å². The molecule has 0 N–H and O–H groups in total. The van der Waals surface area contributed by atoms with Crippen molar-refractivity contribution in [3.05, 3.63) is 40.5 Å². The summed E-state index contributed by atoms with van der Waals surface area (Å²) < 4.78 is 0. The van der Waals surface area contributed by atoms with Crippen LogP contribution in [0.3, 0.4) is 0 Å². The highest BCUT2D eigenvalue weighted by molar-refractivity contribution is 5.67. The van der Waals surface area contributed by atoms with Gasteiger partial charge in [-0.3, -0.25) is 0 Å². The number of hydrogen-bond acceptors (Lipinski definition) is 0. The summed E-state index contributed by atoms with van der Waals surface area (Å²) in [4.78, 5) is 0. The molecule has 0 atom stereocenters. The van der Waals surface area contributed by atoms with Crippen molar-refractivity contribution in [1.82, 2.24) is 0 Å². The van der Waals surface area contributed by atoms with Crippen molar-refractivity contribution in [1.29, 1.82) is 0 Å². The summed E-state index contributed by atoms with van der Waals surface area (Å²) in [7, 11) is 0. The Bertz CT molecular complexity index is 343. The first-order valence-corrected chi connectivity index (χ1v) is 4.77. The van der Waals surface area contributed by atoms with Gasteiger partial charge in [-0.2, -0.15) is 0 Å². The molecule has 0 spiro atoms. The van der Waals surface area contributed by atoms with Gasteiger partial charge < -0.3 is 0 Å². The minimum atomic E-state index is 1.36. The average molecular weight is 174 g/mol. The molecule has 0 bridgehead atoms. The lowest BCUT2D eigenvalue weighted by molar-refractivity contribution is 1.27. The van der Waals surface area contributed by atoms with E-state index in [1.165, 1.54) is 27.8 Å². The van der Waals surface area contributed by atoms with E-state index in [2.05, 4.69) is 52.8 Å². The molecule has 0 aromatic heterocycles. The van der Waals surface area contributed by atoms with Crippen molar-refractivity contribution in [2.45, 2.75) is 34.6 Å². The third-order valence-electron chi connectivity index (χ3n) is 2.70. The third-order valence-corrected chi connectivity index (χ3v) is 2.70. The molecule has 0 unspecified atom stereocenters. The number of rotatable bonds is 1. The molecule has 0 aliphatic heterocycles. The van der Waals surface area contributed by atoms with E-state index in [-0.39, 0.29) is 0 Å². The summed E-state index contributed by atoms with van der Waals surface area (Å²) in [6.07, 6.45) is 2.16. The van der Waals surface area contributed by atoms with E-state index >= 15 is 0 Å². The minimum Gasteiger partial charge on any atom is -0.0841 e. The molecule has 0 saturated heterocycles. The van der Waals surface area contributed by atoms with Crippen LogP contribution in [0.2, 0.25) is 0 Å². The number of allylic oxidation sites excluding steroid dienone is 2. The Balaban J connectivity index is 3.32. The highest BCUT2D eigenvalue weighted by Crippen LogP contribution is 2.21. The van der Waals surface area contributed by atoms with Gasteiger partial charge in [-0.15, -0.1) is 0 Å². The first kappa shape index (κ1) is 10.0. The molecule has 0 heterocycles. The lowest BCUT2D eigenvalue weighted by atomic mass is 9.96. The molecular formula is C13H18. The predicted octanol–water partition coefficient (Wildman–Crippen LogP) is 4.04. The van der Waals surface area contributed by atoms with Gasteiger partial charge in [0.25, 0.3) is 0 Å². The Morgan fingerprint density at radius 1 is 1.00 bits per heavy atom. The van der Waals surface area contributed by atoms with E-state index in [4.69, 9.17) is 0 Å². The van der Waals surface area contributed by atoms with Crippen molar-refractivity contribution in [3.63, 3.8) is 0 Å². The van der Waals surface area contributed by atoms with Crippen LogP contribution >= 0.6 is 0 Å². The fourth-order valence-electron chi connectivity index (χ4n) is 1.54. The zero-order chi connectivity index (χ0) is 10.0. The smallest absolute Gasteiger partial charge is 0.0198 e. The molecular weight excluding hydrogens is 156 g/mol. The predicted molar refractivity (Wildman–Crippen MR) is 60.0 cm³/mol. The van der Waals surface area contributed by atoms with Gasteiger partial charge in [0.05, 0.1) is 0 Å². The van der Waals surface area contributed by atoms with Gasteiger partial charge in [0, 0.05) is 0 Å². The van der Waals surface area contributed by atoms with Crippen molar-refractivity contribution < 1.29 is 0 Å². The van der Waals surface area contributed by atoms with E-state index in [9.17, 15) is 0 Å². The molecule has 0 fully saturated rings. The maximum Gasteiger partial charge on any atom is -0.0198 e. The standard InChI is InChI=1S/C13H18/c1-6-9(2)13-8-11(4)10(3)7-12(13)5/h6-8H,1-5H3/b9-6+. The molecule has 0 aliphatic rings. The van der Waals surface area contributed by atoms with Crippen molar-refractivity contribution in [2.24, 2.45) is 0 Å². The Kier molecular flexibility index (Phi) is 2.92. The SMILES string of the molecule is C/C=C(\C)c1cc(C)c(C)cc1C. The van der Waals surface area contributed by atoms with Crippen molar-refractivity contribution in [3.8, 4) is 0 Å². The second-order valence-electron chi connectivity index (χ2n) is 3.72. The maximum absolute atomic E-state index is 2.28. The average Bonchev–Trinajstić information content (AvgIpc) is 2.10. The maximum atomic E-state index is 2.28. The second kappa shape index (κ2) is 3.78. The fourth-order valence-corrected chi connectivity index (χ4v) is 1.54. The molecule has 0 nitrogen and oxygen atoms in total. The van der Waals surface area contributed by atoms with Crippen LogP contribution in [0.4, 0.5) is 0 Å². The molecule has 0 amide bonds. The molecule has 70 valence electrons. The Morgan fingerprint density at radius 3 is 2.08 bits per heavy atom. The monoisotopic (exact) mass is 174 g/mol. The first-order chi connectivity index (χ1) is 6.06. The highest BCUT2D eigenvalue weighted by Gasteiger charge is 2.02. The molecule has 1 aromatic rings. The van der Waals surface area contributed by atoms with E-state index in [1.54, 1.807) is 0 Å². The molecule has 1 rings (SSSR count). The van der Waals surface area contributed by atoms with E-state index in [0.717, 1.165) is 0 Å². The zero-order valence-corrected chi connectivity index (χ0v) is 9.23. The summed E-state index contributed by atoms with van der Waals surface area (Å²) in [5.74, 6) is 0. The first-order valence-electron chi connectivity index (χ1n) is 4.77. The van der Waals surface area contributed by atoms with Crippen LogP contribution < -0.4 is 0 Å². The van der Waals surface area contributed by atoms with Crippen LogP contribution in [0.5, 0.6) is 0 Å². The van der Waals surface area contributed by atoms with Crippen LogP contribution in [0.1, 0.15) is 36.1 Å². The largest absolute Gasteiger partial charge is 0.0841 e. The molecule has 0 heteroatoms. The van der Waals surface area contributed by atoms with Crippen LogP contribution in [0.15, 0.2) is 18.2 Å². The number of benzene rings is 1. The van der Waals surface area contributed by atoms with Gasteiger partial charge in [0.1, 0.15) is 0 Å². The van der Waals surface area contributed by atoms with E-state index in [1.807, 2.05) is 0 Å². The molecule has 1 aromatic carbocycles. The van der Waals surface area contributed by atoms with Gasteiger partial charge in [0.15, 0.2) is 0 Å². The van der Waals surface area contributed by atoms with E-state index < -0.39 is 0 Å². The Labute approximate surface area is 81.3 Å². The Hall–Kier alpha value is -1.04. The summed E-state index contributed by atoms with van der Waals surface area (Å²) in [5.41, 5.74) is 6.87. The van der Waals surface area contributed by atoms with Crippen LogP contribution in [-0.2, 0) is 0 Å². The summed E-state index contributed by atoms with van der Waals surface area (Å²) in [6, 6.07) is 4.54. The normalized spacial score (nSPS) is 11.9. The number of aryl methyl sites for hydroxylation is 3. The Morgan fingerprint density at radius 2 is 1.54 bits per heavy atom. The second-order valence-corrected chi connectivity index (χ2v) is 3.72. The van der Waals surface area contributed by atoms with Gasteiger partial charge in [-0.25, -0.2) is 0 Å². The van der Waals surface area contributed by atoms with Crippen molar-refractivity contribution in [2.75, 3.05) is 0 Å². The van der Waals surface area contributed by atoms with Gasteiger partial charge >= 0.3 is 0 Å². The fraction of sp³-hybridized carbons (Fsp3) is 0.385. The lowest BCUT2D eigenvalue weighted by Gasteiger charge is -2.09. The van der Waals surface area contributed by atoms with Crippen molar-refractivity contribution >= 4 is 5.57 Å². The summed E-state index contributed by atoms with van der Waals surface area (Å²) in [5, 5.41) is 0. The topological polar surface area (TPSA) is 0 Å². The molecule has 0 saturated carbocycles. The van der Waals surface area contributed by atoms with E-state index in [0.29, 0.717) is 0 Å². The zero-order valence-electron chi connectivity index (χ0n) is 9.23. The lowest BCUT2D eigenvalue weighted by Crippen LogP contribution is -1.90. The molecule has 0 radical (unpaired) electrons. The summed E-state index contributed by atoms with van der Waals surface area (Å²) >= 11 is 0. The van der Waals surface area contributed by atoms with Crippen LogP contribution in [0, 0.1) is 20.8 Å². The van der Waals surface area contributed by atoms with Gasteiger partial charge in [0.2, 0.25) is 0 Å². The van der Waals surface area contributed by atoms with Gasteiger partial charge in [-0.05, 0) is 62.4 Å². The molecule has 0 aliphatic carbocycles. The summed E-state index contributed by atoms with van der Waals surface area (Å²) in [6.45, 7) is 10.8. The van der Waals surface area contributed by atoms with Gasteiger partial charge in [-0.1, -0.05) is 18.2 Å². The minimum absolute atomic E-state index is 1.36.